The molecule has 1 aliphatic rings. The van der Waals surface area contributed by atoms with Crippen LogP contribution in [0.15, 0.2) is 52.9 Å². The predicted molar refractivity (Wildman–Crippen MR) is 114 cm³/mol. The Morgan fingerprint density at radius 1 is 1.11 bits per heavy atom. The van der Waals surface area contributed by atoms with Gasteiger partial charge < -0.3 is 4.74 Å². The molecular formula is C21H23NO3S2. The Morgan fingerprint density at radius 2 is 1.81 bits per heavy atom. The molecule has 2 N–H and O–H groups in total. The first kappa shape index (κ1) is 19.7. The molecule has 1 aliphatic carbocycles. The van der Waals surface area contributed by atoms with Crippen LogP contribution in [-0.2, 0) is 10.0 Å². The Morgan fingerprint density at radius 3 is 2.41 bits per heavy atom. The molecule has 3 rings (SSSR count). The predicted octanol–water partition coefficient (Wildman–Crippen LogP) is 4.42. The lowest BCUT2D eigenvalue weighted by Crippen LogP contribution is -2.11. The van der Waals surface area contributed by atoms with E-state index >= 15 is 0 Å². The van der Waals surface area contributed by atoms with Crippen molar-refractivity contribution in [2.24, 2.45) is 5.14 Å². The fraction of sp³-hybridized carbons (Fsp3) is 0.238. The third-order valence-corrected chi connectivity index (χ3v) is 6.32. The molecule has 2 aromatic rings. The Balaban J connectivity index is 2.07. The minimum atomic E-state index is -3.68. The van der Waals surface area contributed by atoms with Gasteiger partial charge in [0.2, 0.25) is 10.0 Å². The van der Waals surface area contributed by atoms with E-state index in [0.29, 0.717) is 0 Å². The molecule has 0 unspecified atom stereocenters. The van der Waals surface area contributed by atoms with Gasteiger partial charge in [0.25, 0.3) is 0 Å². The summed E-state index contributed by atoms with van der Waals surface area (Å²) >= 11 is 1.83. The van der Waals surface area contributed by atoms with E-state index in [4.69, 9.17) is 9.88 Å². The van der Waals surface area contributed by atoms with Gasteiger partial charge in [-0.2, -0.15) is 11.8 Å². The zero-order chi connectivity index (χ0) is 19.6. The third-order valence-electron chi connectivity index (χ3n) is 4.77. The van der Waals surface area contributed by atoms with Gasteiger partial charge in [-0.05, 0) is 89.1 Å². The summed E-state index contributed by atoms with van der Waals surface area (Å²) in [5, 5.41) is 5.18. The van der Waals surface area contributed by atoms with Crippen molar-refractivity contribution in [3.63, 3.8) is 0 Å². The highest BCUT2D eigenvalue weighted by Crippen LogP contribution is 2.45. The first-order chi connectivity index (χ1) is 12.8. The maximum Gasteiger partial charge on any atom is 0.238 e. The highest BCUT2D eigenvalue weighted by molar-refractivity contribution is 7.98. The molecule has 0 saturated heterocycles. The number of allylic oxidation sites excluding steroid dienone is 3. The van der Waals surface area contributed by atoms with E-state index < -0.39 is 10.0 Å². The van der Waals surface area contributed by atoms with Crippen molar-refractivity contribution in [2.75, 3.05) is 19.1 Å². The molecule has 0 spiro atoms. The minimum absolute atomic E-state index is 0.120. The molecule has 27 heavy (non-hydrogen) atoms. The Kier molecular flexibility index (Phi) is 5.79. The fourth-order valence-electron chi connectivity index (χ4n) is 3.33. The molecular weight excluding hydrogens is 378 g/mol. The average Bonchev–Trinajstić information content (AvgIpc) is 2.90. The topological polar surface area (TPSA) is 69.4 Å². The highest BCUT2D eigenvalue weighted by atomic mass is 32.2. The number of primary sulfonamides is 1. The summed E-state index contributed by atoms with van der Waals surface area (Å²) in [5.41, 5.74) is 7.08. The third kappa shape index (κ3) is 4.13. The van der Waals surface area contributed by atoms with Crippen molar-refractivity contribution >= 4 is 39.0 Å². The summed E-state index contributed by atoms with van der Waals surface area (Å²) in [5.74, 6) is 1.90. The molecule has 6 heteroatoms. The summed E-state index contributed by atoms with van der Waals surface area (Å²) < 4.78 is 28.3. The molecule has 0 heterocycles. The Hall–Kier alpha value is -2.02. The molecule has 0 saturated carbocycles. The summed E-state index contributed by atoms with van der Waals surface area (Å²) in [4.78, 5) is 0.120. The zero-order valence-electron chi connectivity index (χ0n) is 15.7. The first-order valence-electron chi connectivity index (χ1n) is 8.57. The molecule has 0 radical (unpaired) electrons. The van der Waals surface area contributed by atoms with Crippen molar-refractivity contribution in [3.05, 3.63) is 64.7 Å². The van der Waals surface area contributed by atoms with Gasteiger partial charge in [0.1, 0.15) is 5.75 Å². The standard InChI is InChI=1S/C21H23NO3S2/c1-14-18(10-11-26-3)21-13-16(25-2)6-9-19(21)20(14)12-15-4-7-17(8-5-15)27(22,23)24/h4-9,12-13H,10-11H2,1-3H3,(H2,22,23,24)/b20-12-. The van der Waals surface area contributed by atoms with E-state index in [1.54, 1.807) is 31.4 Å². The van der Waals surface area contributed by atoms with Gasteiger partial charge in [0.15, 0.2) is 0 Å². The van der Waals surface area contributed by atoms with Crippen LogP contribution in [0.3, 0.4) is 0 Å². The van der Waals surface area contributed by atoms with Crippen molar-refractivity contribution in [3.8, 4) is 5.75 Å². The van der Waals surface area contributed by atoms with Crippen molar-refractivity contribution in [1.29, 1.82) is 0 Å². The number of rotatable bonds is 6. The van der Waals surface area contributed by atoms with Crippen molar-refractivity contribution in [2.45, 2.75) is 18.2 Å². The average molecular weight is 402 g/mol. The van der Waals surface area contributed by atoms with Gasteiger partial charge in [0.05, 0.1) is 12.0 Å². The summed E-state index contributed by atoms with van der Waals surface area (Å²) in [6.45, 7) is 2.15. The molecule has 4 nitrogen and oxygen atoms in total. The molecule has 0 bridgehead atoms. The van der Waals surface area contributed by atoms with E-state index in [0.717, 1.165) is 29.1 Å². The van der Waals surface area contributed by atoms with Crippen molar-refractivity contribution < 1.29 is 13.2 Å². The van der Waals surface area contributed by atoms with E-state index in [9.17, 15) is 8.42 Å². The highest BCUT2D eigenvalue weighted by Gasteiger charge is 2.24. The normalized spacial score (nSPS) is 15.3. The first-order valence-corrected chi connectivity index (χ1v) is 11.5. The maximum absolute atomic E-state index is 11.4. The van der Waals surface area contributed by atoms with E-state index in [1.807, 2.05) is 17.8 Å². The molecule has 142 valence electrons. The Bertz CT molecular complexity index is 1020. The van der Waals surface area contributed by atoms with E-state index in [-0.39, 0.29) is 4.90 Å². The number of methoxy groups -OCH3 is 1. The number of fused-ring (bicyclic) bond motifs is 1. The van der Waals surface area contributed by atoms with E-state index in [2.05, 4.69) is 31.4 Å². The van der Waals surface area contributed by atoms with Crippen LogP contribution in [0.5, 0.6) is 5.75 Å². The van der Waals surface area contributed by atoms with Crippen LogP contribution >= 0.6 is 11.8 Å². The smallest absolute Gasteiger partial charge is 0.238 e. The van der Waals surface area contributed by atoms with Gasteiger partial charge >= 0.3 is 0 Å². The van der Waals surface area contributed by atoms with Crippen LogP contribution in [0.4, 0.5) is 0 Å². The number of hydrogen-bond acceptors (Lipinski definition) is 4. The SMILES string of the molecule is COc1ccc2c(c1)C(CCSC)=C(C)/C2=C/c1ccc(S(N)(=O)=O)cc1. The fourth-order valence-corrected chi connectivity index (χ4v) is 4.26. The quantitative estimate of drug-likeness (QED) is 0.778. The molecule has 0 aromatic heterocycles. The molecule has 0 atom stereocenters. The summed E-state index contributed by atoms with van der Waals surface area (Å²) in [7, 11) is -2.00. The largest absolute Gasteiger partial charge is 0.497 e. The molecule has 0 fully saturated rings. The second kappa shape index (κ2) is 7.92. The number of nitrogens with two attached hydrogens (primary N) is 1. The lowest BCUT2D eigenvalue weighted by molar-refractivity contribution is 0.414. The van der Waals surface area contributed by atoms with Crippen LogP contribution in [0.25, 0.3) is 17.2 Å². The van der Waals surface area contributed by atoms with Crippen LogP contribution < -0.4 is 9.88 Å². The second-order valence-electron chi connectivity index (χ2n) is 6.43. The van der Waals surface area contributed by atoms with Crippen LogP contribution in [0.1, 0.15) is 30.0 Å². The monoisotopic (exact) mass is 401 g/mol. The van der Waals surface area contributed by atoms with Gasteiger partial charge in [-0.3, -0.25) is 0 Å². The van der Waals surface area contributed by atoms with Crippen LogP contribution in [0, 0.1) is 0 Å². The molecule has 2 aromatic carbocycles. The van der Waals surface area contributed by atoms with Gasteiger partial charge in [-0.15, -0.1) is 0 Å². The zero-order valence-corrected chi connectivity index (χ0v) is 17.3. The minimum Gasteiger partial charge on any atom is -0.497 e. The molecule has 0 aliphatic heterocycles. The number of hydrogen-bond donors (Lipinski definition) is 1. The van der Waals surface area contributed by atoms with Crippen LogP contribution in [0.2, 0.25) is 0 Å². The lowest BCUT2D eigenvalue weighted by Gasteiger charge is -2.08. The van der Waals surface area contributed by atoms with Crippen LogP contribution in [-0.4, -0.2) is 27.5 Å². The molecule has 0 amide bonds. The van der Waals surface area contributed by atoms with Crippen molar-refractivity contribution in [1.82, 2.24) is 0 Å². The number of sulfonamides is 1. The number of benzene rings is 2. The summed E-state index contributed by atoms with van der Waals surface area (Å²) in [6.07, 6.45) is 5.20. The number of thioether (sulfide) groups is 1. The summed E-state index contributed by atoms with van der Waals surface area (Å²) in [6, 6.07) is 12.8. The second-order valence-corrected chi connectivity index (χ2v) is 8.98. The van der Waals surface area contributed by atoms with Gasteiger partial charge in [-0.1, -0.05) is 18.2 Å². The number of ether oxygens (including phenoxy) is 1. The van der Waals surface area contributed by atoms with Gasteiger partial charge in [-0.25, -0.2) is 13.6 Å². The maximum atomic E-state index is 11.4. The van der Waals surface area contributed by atoms with Gasteiger partial charge in [0, 0.05) is 0 Å². The Labute approximate surface area is 165 Å². The van der Waals surface area contributed by atoms with E-state index in [1.165, 1.54) is 22.3 Å². The lowest BCUT2D eigenvalue weighted by atomic mass is 10.0.